The molecule has 0 unspecified atom stereocenters. The molecule has 1 N–H and O–H groups in total. The Kier molecular flexibility index (Phi) is 3.75. The Labute approximate surface area is 147 Å². The summed E-state index contributed by atoms with van der Waals surface area (Å²) in [5, 5.41) is 0.597. The van der Waals surface area contributed by atoms with Crippen LogP contribution in [0.3, 0.4) is 0 Å². The molecule has 116 valence electrons. The van der Waals surface area contributed by atoms with E-state index in [4.69, 9.17) is 0 Å². The monoisotopic (exact) mass is 376 g/mol. The van der Waals surface area contributed by atoms with Crippen LogP contribution in [0.25, 0.3) is 33.4 Å². The number of rotatable bonds is 2. The van der Waals surface area contributed by atoms with E-state index in [0.717, 1.165) is 21.2 Å². The Morgan fingerprint density at radius 3 is 2.17 bits per heavy atom. The molecule has 0 fully saturated rings. The molecule has 0 aliphatic heterocycles. The number of aromatic nitrogens is 2. The zero-order valence-electron chi connectivity index (χ0n) is 12.7. The van der Waals surface area contributed by atoms with Gasteiger partial charge in [0.05, 0.1) is 10.9 Å². The fourth-order valence-corrected chi connectivity index (χ4v) is 3.32. The van der Waals surface area contributed by atoms with E-state index in [2.05, 4.69) is 25.9 Å². The molecule has 4 rings (SSSR count). The van der Waals surface area contributed by atoms with Gasteiger partial charge in [-0.2, -0.15) is 0 Å². The number of fused-ring (bicyclic) bond motifs is 1. The molecular formula is C20H13BrN2O. The molecule has 4 aromatic rings. The van der Waals surface area contributed by atoms with Gasteiger partial charge in [0.1, 0.15) is 5.82 Å². The second-order valence-corrected chi connectivity index (χ2v) is 6.31. The predicted molar refractivity (Wildman–Crippen MR) is 101 cm³/mol. The largest absolute Gasteiger partial charge is 0.306 e. The first-order chi connectivity index (χ1) is 11.7. The first-order valence-corrected chi connectivity index (χ1v) is 8.37. The average molecular weight is 377 g/mol. The molecule has 4 heteroatoms. The van der Waals surface area contributed by atoms with Crippen LogP contribution in [-0.4, -0.2) is 9.97 Å². The van der Waals surface area contributed by atoms with Crippen molar-refractivity contribution in [2.45, 2.75) is 0 Å². The molecule has 3 nitrogen and oxygen atoms in total. The summed E-state index contributed by atoms with van der Waals surface area (Å²) >= 11 is 3.60. The lowest BCUT2D eigenvalue weighted by Gasteiger charge is -2.11. The maximum absolute atomic E-state index is 12.4. The van der Waals surface area contributed by atoms with Crippen molar-refractivity contribution in [3.63, 3.8) is 0 Å². The molecule has 3 aromatic carbocycles. The predicted octanol–water partition coefficient (Wildman–Crippen LogP) is 5.02. The highest BCUT2D eigenvalue weighted by atomic mass is 79.9. The van der Waals surface area contributed by atoms with Crippen LogP contribution in [0.15, 0.2) is 82.1 Å². The third-order valence-corrected chi connectivity index (χ3v) is 4.65. The lowest BCUT2D eigenvalue weighted by molar-refractivity contribution is 1.18. The minimum absolute atomic E-state index is 0.127. The second-order valence-electron chi connectivity index (χ2n) is 5.46. The van der Waals surface area contributed by atoms with Crippen molar-refractivity contribution in [1.29, 1.82) is 0 Å². The molecule has 24 heavy (non-hydrogen) atoms. The molecule has 1 aromatic heterocycles. The Morgan fingerprint density at radius 2 is 1.38 bits per heavy atom. The van der Waals surface area contributed by atoms with Crippen molar-refractivity contribution in [2.75, 3.05) is 0 Å². The number of H-pyrrole nitrogens is 1. The van der Waals surface area contributed by atoms with Crippen LogP contribution < -0.4 is 5.56 Å². The summed E-state index contributed by atoms with van der Waals surface area (Å²) in [5.74, 6) is 0.574. The molecule has 0 bridgehead atoms. The number of aromatic amines is 1. The fourth-order valence-electron chi connectivity index (χ4n) is 2.82. The van der Waals surface area contributed by atoms with Crippen molar-refractivity contribution < 1.29 is 0 Å². The van der Waals surface area contributed by atoms with Crippen LogP contribution in [-0.2, 0) is 0 Å². The van der Waals surface area contributed by atoms with Crippen LogP contribution >= 0.6 is 15.9 Å². The van der Waals surface area contributed by atoms with Crippen LogP contribution in [0.4, 0.5) is 0 Å². The molecule has 1 heterocycles. The van der Waals surface area contributed by atoms with E-state index >= 15 is 0 Å². The zero-order chi connectivity index (χ0) is 16.5. The highest BCUT2D eigenvalue weighted by Gasteiger charge is 2.12. The third-order valence-electron chi connectivity index (χ3n) is 3.96. The topological polar surface area (TPSA) is 45.8 Å². The number of hydrogen-bond acceptors (Lipinski definition) is 2. The number of hydrogen-bond donors (Lipinski definition) is 1. The molecule has 0 spiro atoms. The van der Waals surface area contributed by atoms with Crippen molar-refractivity contribution in [3.05, 3.63) is 87.6 Å². The maximum atomic E-state index is 12.4. The van der Waals surface area contributed by atoms with Crippen LogP contribution in [0, 0.1) is 0 Å². The van der Waals surface area contributed by atoms with E-state index in [0.29, 0.717) is 16.7 Å². The van der Waals surface area contributed by atoms with Crippen LogP contribution in [0.5, 0.6) is 0 Å². The SMILES string of the molecule is O=c1[nH]c(-c2ccccc2-c2ccccc2Br)nc2ccccc12. The molecule has 0 aliphatic carbocycles. The van der Waals surface area contributed by atoms with Gasteiger partial charge in [-0.1, -0.05) is 70.5 Å². The molecule has 0 amide bonds. The number of benzene rings is 3. The summed E-state index contributed by atoms with van der Waals surface area (Å²) in [6.45, 7) is 0. The first-order valence-electron chi connectivity index (χ1n) is 7.57. The normalized spacial score (nSPS) is 10.9. The van der Waals surface area contributed by atoms with Gasteiger partial charge in [-0.05, 0) is 29.3 Å². The quantitative estimate of drug-likeness (QED) is 0.533. The average Bonchev–Trinajstić information content (AvgIpc) is 2.62. The van der Waals surface area contributed by atoms with Gasteiger partial charge < -0.3 is 4.98 Å². The molecule has 0 aliphatic rings. The van der Waals surface area contributed by atoms with Crippen molar-refractivity contribution in [2.24, 2.45) is 0 Å². The number of nitrogens with one attached hydrogen (secondary N) is 1. The van der Waals surface area contributed by atoms with E-state index in [9.17, 15) is 4.79 Å². The minimum Gasteiger partial charge on any atom is -0.306 e. The standard InChI is InChI=1S/C20H13BrN2O/c21-17-11-5-3-8-14(17)13-7-1-2-9-15(13)19-22-18-12-6-4-10-16(18)20(24)23-19/h1-12H,(H,22,23,24). The minimum atomic E-state index is -0.127. The van der Waals surface area contributed by atoms with Crippen LogP contribution in [0.2, 0.25) is 0 Å². The highest BCUT2D eigenvalue weighted by molar-refractivity contribution is 9.10. The van der Waals surface area contributed by atoms with Gasteiger partial charge in [-0.15, -0.1) is 0 Å². The van der Waals surface area contributed by atoms with Gasteiger partial charge in [-0.3, -0.25) is 4.79 Å². The summed E-state index contributed by atoms with van der Waals surface area (Å²) in [4.78, 5) is 19.9. The van der Waals surface area contributed by atoms with Gasteiger partial charge >= 0.3 is 0 Å². The van der Waals surface area contributed by atoms with Gasteiger partial charge in [0.25, 0.3) is 5.56 Å². The summed E-state index contributed by atoms with van der Waals surface area (Å²) in [6.07, 6.45) is 0. The summed E-state index contributed by atoms with van der Waals surface area (Å²) in [5.41, 5.74) is 3.54. The maximum Gasteiger partial charge on any atom is 0.259 e. The summed E-state index contributed by atoms with van der Waals surface area (Å²) in [7, 11) is 0. The molecule has 0 radical (unpaired) electrons. The number of halogens is 1. The van der Waals surface area contributed by atoms with Gasteiger partial charge in [-0.25, -0.2) is 4.98 Å². The van der Waals surface area contributed by atoms with E-state index in [1.807, 2.05) is 66.7 Å². The smallest absolute Gasteiger partial charge is 0.259 e. The third kappa shape index (κ3) is 2.55. The lowest BCUT2D eigenvalue weighted by atomic mass is 9.99. The molecular weight excluding hydrogens is 364 g/mol. The molecule has 0 saturated heterocycles. The molecule has 0 atom stereocenters. The zero-order valence-corrected chi connectivity index (χ0v) is 14.2. The Balaban J connectivity index is 1.99. The summed E-state index contributed by atoms with van der Waals surface area (Å²) < 4.78 is 1.00. The van der Waals surface area contributed by atoms with Gasteiger partial charge in [0.15, 0.2) is 0 Å². The van der Waals surface area contributed by atoms with E-state index in [-0.39, 0.29) is 5.56 Å². The number of para-hydroxylation sites is 1. The van der Waals surface area contributed by atoms with Crippen molar-refractivity contribution >= 4 is 26.8 Å². The Hall–Kier alpha value is -2.72. The second kappa shape index (κ2) is 6.06. The first kappa shape index (κ1) is 14.8. The van der Waals surface area contributed by atoms with Crippen LogP contribution in [0.1, 0.15) is 0 Å². The summed E-state index contributed by atoms with van der Waals surface area (Å²) in [6, 6.07) is 23.3. The Bertz CT molecular complexity index is 1100. The van der Waals surface area contributed by atoms with Gasteiger partial charge in [0.2, 0.25) is 0 Å². The van der Waals surface area contributed by atoms with Crippen molar-refractivity contribution in [1.82, 2.24) is 9.97 Å². The van der Waals surface area contributed by atoms with E-state index in [1.165, 1.54) is 0 Å². The molecule has 0 saturated carbocycles. The fraction of sp³-hybridized carbons (Fsp3) is 0. The van der Waals surface area contributed by atoms with Gasteiger partial charge in [0, 0.05) is 10.0 Å². The van der Waals surface area contributed by atoms with E-state index < -0.39 is 0 Å². The van der Waals surface area contributed by atoms with E-state index in [1.54, 1.807) is 6.07 Å². The Morgan fingerprint density at radius 1 is 0.750 bits per heavy atom. The number of nitrogens with zero attached hydrogens (tertiary/aromatic N) is 1. The lowest BCUT2D eigenvalue weighted by Crippen LogP contribution is -2.09. The van der Waals surface area contributed by atoms with Crippen molar-refractivity contribution in [3.8, 4) is 22.5 Å². The highest BCUT2D eigenvalue weighted by Crippen LogP contribution is 2.34.